The molecule has 2 aromatic heterocycles. The van der Waals surface area contributed by atoms with E-state index in [1.54, 1.807) is 17.3 Å². The number of amides is 2. The zero-order valence-corrected chi connectivity index (χ0v) is 15.4. The zero-order chi connectivity index (χ0) is 19.6. The monoisotopic (exact) mass is 372 g/mol. The van der Waals surface area contributed by atoms with Gasteiger partial charge in [0.1, 0.15) is 11.3 Å². The van der Waals surface area contributed by atoms with E-state index in [-0.39, 0.29) is 30.4 Å². The Kier molecular flexibility index (Phi) is 5.41. The minimum atomic E-state index is -0.741. The summed E-state index contributed by atoms with van der Waals surface area (Å²) < 4.78 is 0. The van der Waals surface area contributed by atoms with Gasteiger partial charge in [0.05, 0.1) is 23.9 Å². The lowest BCUT2D eigenvalue weighted by atomic mass is 10.0. The van der Waals surface area contributed by atoms with Crippen molar-refractivity contribution in [1.29, 1.82) is 0 Å². The maximum absolute atomic E-state index is 12.3. The Morgan fingerprint density at radius 1 is 1.48 bits per heavy atom. The fourth-order valence-corrected chi connectivity index (χ4v) is 3.09. The highest BCUT2D eigenvalue weighted by atomic mass is 16.3. The number of hydrogen-bond acceptors (Lipinski definition) is 6. The second-order valence-electron chi connectivity index (χ2n) is 6.88. The Morgan fingerprint density at radius 3 is 2.93 bits per heavy atom. The maximum atomic E-state index is 12.3. The number of hydrogen-bond donors (Lipinski definition) is 4. The number of nitrogens with one attached hydrogen (secondary N) is 3. The molecule has 1 fully saturated rings. The van der Waals surface area contributed by atoms with E-state index in [0.29, 0.717) is 35.5 Å². The highest BCUT2D eigenvalue weighted by Gasteiger charge is 2.29. The van der Waals surface area contributed by atoms with E-state index in [2.05, 4.69) is 32.2 Å². The van der Waals surface area contributed by atoms with Crippen molar-refractivity contribution in [2.24, 2.45) is 0 Å². The van der Waals surface area contributed by atoms with Gasteiger partial charge in [0.25, 0.3) is 5.91 Å². The third-order valence-electron chi connectivity index (χ3n) is 4.45. The molecule has 0 spiro atoms. The second kappa shape index (κ2) is 7.75. The van der Waals surface area contributed by atoms with Gasteiger partial charge in [-0.05, 0) is 26.3 Å². The van der Waals surface area contributed by atoms with Gasteiger partial charge in [-0.15, -0.1) is 0 Å². The molecule has 0 radical (unpaired) electrons. The molecule has 1 aliphatic rings. The largest absolute Gasteiger partial charge is 0.389 e. The molecule has 1 aliphatic heterocycles. The summed E-state index contributed by atoms with van der Waals surface area (Å²) in [4.78, 5) is 37.3. The number of fused-ring (bicyclic) bond motifs is 1. The van der Waals surface area contributed by atoms with Crippen LogP contribution in [0.2, 0.25) is 0 Å². The van der Waals surface area contributed by atoms with Crippen molar-refractivity contribution >= 4 is 28.8 Å². The van der Waals surface area contributed by atoms with Gasteiger partial charge in [0.15, 0.2) is 5.65 Å². The summed E-state index contributed by atoms with van der Waals surface area (Å²) in [5.74, 6) is 0.0501. The summed E-state index contributed by atoms with van der Waals surface area (Å²) in [6, 6.07) is -0.257. The molecular weight excluding hydrogens is 348 g/mol. The predicted octanol–water partition coefficient (Wildman–Crippen LogP) is 0.656. The number of aliphatic hydroxyl groups excluding tert-OH is 1. The first-order valence-electron chi connectivity index (χ1n) is 8.90. The van der Waals surface area contributed by atoms with Crippen LogP contribution < -0.4 is 10.6 Å². The van der Waals surface area contributed by atoms with Gasteiger partial charge < -0.3 is 25.6 Å². The third kappa shape index (κ3) is 4.08. The number of aliphatic hydroxyl groups is 1. The van der Waals surface area contributed by atoms with Crippen molar-refractivity contribution in [3.05, 3.63) is 30.6 Å². The van der Waals surface area contributed by atoms with Crippen LogP contribution in [-0.4, -0.2) is 68.0 Å². The lowest BCUT2D eigenvalue weighted by Gasteiger charge is -2.35. The Labute approximate surface area is 156 Å². The van der Waals surface area contributed by atoms with Crippen LogP contribution in [0.1, 0.15) is 30.6 Å². The van der Waals surface area contributed by atoms with Crippen LogP contribution in [0.4, 0.5) is 5.82 Å². The van der Waals surface area contributed by atoms with Crippen molar-refractivity contribution in [3.8, 4) is 0 Å². The SMILES string of the molecule is C=CC(=O)N1CC[C@@H](Nc2cnc3[nH]cc(C(=O)NC(C)C)c3n2)[C@@H](O)C1. The average molecular weight is 372 g/mol. The lowest BCUT2D eigenvalue weighted by Crippen LogP contribution is -2.51. The predicted molar refractivity (Wildman–Crippen MR) is 101 cm³/mol. The van der Waals surface area contributed by atoms with Gasteiger partial charge in [0, 0.05) is 25.3 Å². The average Bonchev–Trinajstić information content (AvgIpc) is 3.05. The molecule has 2 aromatic rings. The van der Waals surface area contributed by atoms with Gasteiger partial charge >= 0.3 is 0 Å². The first kappa shape index (κ1) is 18.8. The number of aromatic amines is 1. The highest BCUT2D eigenvalue weighted by molar-refractivity contribution is 6.04. The van der Waals surface area contributed by atoms with Gasteiger partial charge in [-0.3, -0.25) is 9.59 Å². The standard InChI is InChI=1S/C18H24N6O3/c1-4-15(26)24-6-5-12(13(25)9-24)22-14-8-20-17-16(23-14)11(7-19-17)18(27)21-10(2)3/h4,7-8,10,12-13,25H,1,5-6,9H2,2-3H3,(H,19,20)(H,21,27)(H,22,23)/t12-,13+/m1/s1. The Hall–Kier alpha value is -2.94. The van der Waals surface area contributed by atoms with Crippen LogP contribution in [0.5, 0.6) is 0 Å². The van der Waals surface area contributed by atoms with E-state index in [1.165, 1.54) is 6.08 Å². The summed E-state index contributed by atoms with van der Waals surface area (Å²) in [6.07, 6.45) is 4.20. The summed E-state index contributed by atoms with van der Waals surface area (Å²) in [7, 11) is 0. The number of anilines is 1. The van der Waals surface area contributed by atoms with E-state index in [9.17, 15) is 14.7 Å². The Balaban J connectivity index is 1.75. The zero-order valence-electron chi connectivity index (χ0n) is 15.4. The molecule has 3 heterocycles. The van der Waals surface area contributed by atoms with Gasteiger partial charge in [-0.1, -0.05) is 6.58 Å². The summed E-state index contributed by atoms with van der Waals surface area (Å²) in [5.41, 5.74) is 1.40. The molecule has 9 nitrogen and oxygen atoms in total. The van der Waals surface area contributed by atoms with Crippen molar-refractivity contribution in [3.63, 3.8) is 0 Å². The number of likely N-dealkylation sites (tertiary alicyclic amines) is 1. The number of piperidine rings is 1. The molecule has 9 heteroatoms. The molecule has 144 valence electrons. The smallest absolute Gasteiger partial charge is 0.255 e. The quantitative estimate of drug-likeness (QED) is 0.572. The molecule has 0 aliphatic carbocycles. The molecule has 4 N–H and O–H groups in total. The Morgan fingerprint density at radius 2 is 2.26 bits per heavy atom. The topological polar surface area (TPSA) is 123 Å². The van der Waals surface area contributed by atoms with Crippen molar-refractivity contribution in [1.82, 2.24) is 25.2 Å². The number of nitrogens with zero attached hydrogens (tertiary/aromatic N) is 3. The van der Waals surface area contributed by atoms with E-state index in [0.717, 1.165) is 0 Å². The molecular formula is C18H24N6O3. The van der Waals surface area contributed by atoms with E-state index in [1.807, 2.05) is 13.8 Å². The van der Waals surface area contributed by atoms with Crippen LogP contribution in [0, 0.1) is 0 Å². The number of H-pyrrole nitrogens is 1. The molecule has 0 aromatic carbocycles. The van der Waals surface area contributed by atoms with E-state index >= 15 is 0 Å². The van der Waals surface area contributed by atoms with Crippen LogP contribution >= 0.6 is 0 Å². The normalized spacial score (nSPS) is 19.9. The van der Waals surface area contributed by atoms with E-state index < -0.39 is 6.10 Å². The minimum absolute atomic E-state index is 0.00956. The molecule has 3 rings (SSSR count). The lowest BCUT2D eigenvalue weighted by molar-refractivity contribution is -0.129. The fourth-order valence-electron chi connectivity index (χ4n) is 3.09. The number of carbonyl (C=O) groups is 2. The molecule has 2 amide bonds. The van der Waals surface area contributed by atoms with Gasteiger partial charge in [-0.25, -0.2) is 9.97 Å². The second-order valence-corrected chi connectivity index (χ2v) is 6.88. The number of carbonyl (C=O) groups excluding carboxylic acids is 2. The van der Waals surface area contributed by atoms with Gasteiger partial charge in [-0.2, -0.15) is 0 Å². The first-order valence-corrected chi connectivity index (χ1v) is 8.90. The third-order valence-corrected chi connectivity index (χ3v) is 4.45. The van der Waals surface area contributed by atoms with Crippen LogP contribution in [-0.2, 0) is 4.79 Å². The molecule has 0 unspecified atom stereocenters. The Bertz CT molecular complexity index is 862. The van der Waals surface area contributed by atoms with E-state index in [4.69, 9.17) is 0 Å². The number of β-amino-alcohol motifs (C(OH)–C–C–N with tert-alkyl or cyclic N) is 1. The van der Waals surface area contributed by atoms with Gasteiger partial charge in [0.2, 0.25) is 5.91 Å². The minimum Gasteiger partial charge on any atom is -0.389 e. The van der Waals surface area contributed by atoms with Crippen LogP contribution in [0.25, 0.3) is 11.2 Å². The summed E-state index contributed by atoms with van der Waals surface area (Å²) >= 11 is 0. The highest BCUT2D eigenvalue weighted by Crippen LogP contribution is 2.20. The van der Waals surface area contributed by atoms with Crippen LogP contribution in [0.15, 0.2) is 25.0 Å². The number of aromatic nitrogens is 3. The maximum Gasteiger partial charge on any atom is 0.255 e. The first-order chi connectivity index (χ1) is 12.9. The molecule has 0 bridgehead atoms. The molecule has 2 atom stereocenters. The van der Waals surface area contributed by atoms with Crippen molar-refractivity contribution in [2.75, 3.05) is 18.4 Å². The number of rotatable bonds is 5. The van der Waals surface area contributed by atoms with Crippen LogP contribution in [0.3, 0.4) is 0 Å². The summed E-state index contributed by atoms with van der Waals surface area (Å²) in [6.45, 7) is 7.98. The summed E-state index contributed by atoms with van der Waals surface area (Å²) in [5, 5.41) is 16.3. The van der Waals surface area contributed by atoms with Crippen molar-refractivity contribution in [2.45, 2.75) is 38.5 Å². The molecule has 27 heavy (non-hydrogen) atoms. The molecule has 1 saturated heterocycles. The molecule has 0 saturated carbocycles. The van der Waals surface area contributed by atoms with Crippen molar-refractivity contribution < 1.29 is 14.7 Å². The fraction of sp³-hybridized carbons (Fsp3) is 0.444.